The predicted octanol–water partition coefficient (Wildman–Crippen LogP) is 2.85. The zero-order chi connectivity index (χ0) is 15.2. The van der Waals surface area contributed by atoms with Gasteiger partial charge in [0.2, 0.25) is 5.91 Å². The van der Waals surface area contributed by atoms with Crippen LogP contribution >= 0.6 is 12.4 Å². The summed E-state index contributed by atoms with van der Waals surface area (Å²) in [6.07, 6.45) is 2.35. The third-order valence-electron chi connectivity index (χ3n) is 4.14. The molecule has 1 fully saturated rings. The summed E-state index contributed by atoms with van der Waals surface area (Å²) >= 11 is 0. The Bertz CT molecular complexity index is 461. The average molecular weight is 326 g/mol. The van der Waals surface area contributed by atoms with Crippen molar-refractivity contribution in [3.8, 4) is 0 Å². The molecule has 2 N–H and O–H groups in total. The molecule has 1 saturated heterocycles. The number of likely N-dealkylation sites (tertiary alicyclic amines) is 1. The van der Waals surface area contributed by atoms with Crippen LogP contribution in [0.15, 0.2) is 24.3 Å². The summed E-state index contributed by atoms with van der Waals surface area (Å²) in [5.41, 5.74) is 2.17. The second kappa shape index (κ2) is 9.13. The van der Waals surface area contributed by atoms with Crippen LogP contribution in [0, 0.1) is 0 Å². The monoisotopic (exact) mass is 325 g/mol. The van der Waals surface area contributed by atoms with E-state index in [2.05, 4.69) is 41.5 Å². The van der Waals surface area contributed by atoms with Crippen LogP contribution in [-0.4, -0.2) is 43.5 Å². The van der Waals surface area contributed by atoms with E-state index in [1.54, 1.807) is 0 Å². The van der Waals surface area contributed by atoms with E-state index in [0.29, 0.717) is 18.5 Å². The number of carbonyl (C=O) groups is 1. The summed E-state index contributed by atoms with van der Waals surface area (Å²) in [7, 11) is 1.99. The minimum absolute atomic E-state index is 0. The Kier molecular flexibility index (Phi) is 7.87. The first-order valence-corrected chi connectivity index (χ1v) is 7.88. The van der Waals surface area contributed by atoms with Crippen molar-refractivity contribution < 1.29 is 4.79 Å². The van der Waals surface area contributed by atoms with E-state index in [4.69, 9.17) is 0 Å². The Morgan fingerprint density at radius 3 is 2.59 bits per heavy atom. The molecule has 2 rings (SSSR count). The highest BCUT2D eigenvalue weighted by molar-refractivity contribution is 5.92. The number of hydrogen-bond donors (Lipinski definition) is 2. The molecule has 0 aliphatic carbocycles. The van der Waals surface area contributed by atoms with Gasteiger partial charge in [0.25, 0.3) is 0 Å². The van der Waals surface area contributed by atoms with E-state index >= 15 is 0 Å². The van der Waals surface area contributed by atoms with Crippen molar-refractivity contribution in [3.63, 3.8) is 0 Å². The van der Waals surface area contributed by atoms with Crippen LogP contribution in [0.2, 0.25) is 0 Å². The fourth-order valence-corrected chi connectivity index (χ4v) is 2.79. The predicted molar refractivity (Wildman–Crippen MR) is 94.9 cm³/mol. The number of rotatable bonds is 5. The van der Waals surface area contributed by atoms with Crippen LogP contribution in [-0.2, 0) is 4.79 Å². The molecular formula is C17H28ClN3O. The second-order valence-corrected chi connectivity index (χ2v) is 6.19. The van der Waals surface area contributed by atoms with Gasteiger partial charge in [0, 0.05) is 18.3 Å². The number of piperidine rings is 1. The molecule has 1 atom stereocenters. The van der Waals surface area contributed by atoms with Gasteiger partial charge in [-0.2, -0.15) is 0 Å². The first-order valence-electron chi connectivity index (χ1n) is 7.88. The smallest absolute Gasteiger partial charge is 0.238 e. The summed E-state index contributed by atoms with van der Waals surface area (Å²) < 4.78 is 0. The Morgan fingerprint density at radius 2 is 2.00 bits per heavy atom. The van der Waals surface area contributed by atoms with Gasteiger partial charge in [-0.1, -0.05) is 26.0 Å². The van der Waals surface area contributed by atoms with Crippen molar-refractivity contribution >= 4 is 24.0 Å². The normalized spacial score (nSPS) is 18.8. The third-order valence-corrected chi connectivity index (χ3v) is 4.14. The van der Waals surface area contributed by atoms with Gasteiger partial charge in [0.15, 0.2) is 0 Å². The lowest BCUT2D eigenvalue weighted by Crippen LogP contribution is -2.46. The highest BCUT2D eigenvalue weighted by Crippen LogP contribution is 2.17. The van der Waals surface area contributed by atoms with Crippen LogP contribution in [0.3, 0.4) is 0 Å². The lowest BCUT2D eigenvalue weighted by Gasteiger charge is -2.31. The van der Waals surface area contributed by atoms with Crippen LogP contribution in [0.4, 0.5) is 5.69 Å². The minimum atomic E-state index is 0. The highest BCUT2D eigenvalue weighted by atomic mass is 35.5. The standard InChI is InChI=1S/C17H27N3O.ClH/c1-13(2)14-6-8-15(9-7-14)19-17(21)12-20-10-4-5-16(11-20)18-3;/h6-9,13,16,18H,4-5,10-12H2,1-3H3,(H,19,21);1H. The molecule has 0 saturated carbocycles. The molecule has 1 heterocycles. The molecule has 1 aromatic rings. The van der Waals surface area contributed by atoms with Crippen molar-refractivity contribution in [1.82, 2.24) is 10.2 Å². The van der Waals surface area contributed by atoms with Crippen molar-refractivity contribution in [3.05, 3.63) is 29.8 Å². The fourth-order valence-electron chi connectivity index (χ4n) is 2.79. The first-order chi connectivity index (χ1) is 10.1. The van der Waals surface area contributed by atoms with E-state index in [1.807, 2.05) is 19.2 Å². The zero-order valence-corrected chi connectivity index (χ0v) is 14.6. The van der Waals surface area contributed by atoms with Crippen LogP contribution in [0.1, 0.15) is 38.2 Å². The molecule has 1 aliphatic heterocycles. The largest absolute Gasteiger partial charge is 0.325 e. The van der Waals surface area contributed by atoms with E-state index in [9.17, 15) is 4.79 Å². The van der Waals surface area contributed by atoms with Gasteiger partial charge in [-0.05, 0) is 50.0 Å². The molecule has 0 radical (unpaired) electrons. The van der Waals surface area contributed by atoms with Gasteiger partial charge in [-0.15, -0.1) is 12.4 Å². The maximum atomic E-state index is 12.1. The van der Waals surface area contributed by atoms with Crippen molar-refractivity contribution in [2.45, 2.75) is 38.6 Å². The van der Waals surface area contributed by atoms with Crippen molar-refractivity contribution in [2.24, 2.45) is 0 Å². The number of likely N-dealkylation sites (N-methyl/N-ethyl adjacent to an activating group) is 1. The van der Waals surface area contributed by atoms with Crippen molar-refractivity contribution in [2.75, 3.05) is 32.0 Å². The molecule has 0 aromatic heterocycles. The fraction of sp³-hybridized carbons (Fsp3) is 0.588. The first kappa shape index (κ1) is 18.9. The zero-order valence-electron chi connectivity index (χ0n) is 13.8. The van der Waals surface area contributed by atoms with Crippen LogP contribution in [0.5, 0.6) is 0 Å². The Hall–Kier alpha value is -1.10. The summed E-state index contributed by atoms with van der Waals surface area (Å²) in [4.78, 5) is 14.3. The lowest BCUT2D eigenvalue weighted by molar-refractivity contribution is -0.117. The SMILES string of the molecule is CNC1CCCN(CC(=O)Nc2ccc(C(C)C)cc2)C1.Cl. The van der Waals surface area contributed by atoms with Gasteiger partial charge in [0.05, 0.1) is 6.54 Å². The number of benzene rings is 1. The van der Waals surface area contributed by atoms with Gasteiger partial charge < -0.3 is 10.6 Å². The topological polar surface area (TPSA) is 44.4 Å². The molecule has 5 heteroatoms. The number of nitrogens with one attached hydrogen (secondary N) is 2. The van der Waals surface area contributed by atoms with E-state index in [-0.39, 0.29) is 18.3 Å². The van der Waals surface area contributed by atoms with Crippen LogP contribution in [0.25, 0.3) is 0 Å². The summed E-state index contributed by atoms with van der Waals surface area (Å²) in [6, 6.07) is 8.65. The van der Waals surface area contributed by atoms with Crippen LogP contribution < -0.4 is 10.6 Å². The molecule has 124 valence electrons. The number of amides is 1. The third kappa shape index (κ3) is 5.59. The highest BCUT2D eigenvalue weighted by Gasteiger charge is 2.20. The molecule has 1 unspecified atom stereocenters. The summed E-state index contributed by atoms with van der Waals surface area (Å²) in [5, 5.41) is 6.29. The molecule has 22 heavy (non-hydrogen) atoms. The molecule has 1 amide bonds. The van der Waals surface area contributed by atoms with Gasteiger partial charge >= 0.3 is 0 Å². The number of nitrogens with zero attached hydrogens (tertiary/aromatic N) is 1. The average Bonchev–Trinajstić information content (AvgIpc) is 2.47. The Balaban J connectivity index is 0.00000242. The quantitative estimate of drug-likeness (QED) is 0.875. The van der Waals surface area contributed by atoms with E-state index < -0.39 is 0 Å². The number of carbonyl (C=O) groups excluding carboxylic acids is 1. The molecular weight excluding hydrogens is 298 g/mol. The van der Waals surface area contributed by atoms with Gasteiger partial charge in [-0.3, -0.25) is 9.69 Å². The number of halogens is 1. The van der Waals surface area contributed by atoms with Gasteiger partial charge in [-0.25, -0.2) is 0 Å². The molecule has 1 aliphatic rings. The lowest BCUT2D eigenvalue weighted by atomic mass is 10.0. The maximum absolute atomic E-state index is 12.1. The number of hydrogen-bond acceptors (Lipinski definition) is 3. The summed E-state index contributed by atoms with van der Waals surface area (Å²) in [6.45, 7) is 6.78. The van der Waals surface area contributed by atoms with Crippen molar-refractivity contribution in [1.29, 1.82) is 0 Å². The number of anilines is 1. The molecule has 4 nitrogen and oxygen atoms in total. The van der Waals surface area contributed by atoms with E-state index in [1.165, 1.54) is 12.0 Å². The Labute approximate surface area is 140 Å². The van der Waals surface area contributed by atoms with Gasteiger partial charge in [0.1, 0.15) is 0 Å². The Morgan fingerprint density at radius 1 is 1.32 bits per heavy atom. The summed E-state index contributed by atoms with van der Waals surface area (Å²) in [5.74, 6) is 0.589. The van der Waals surface area contributed by atoms with E-state index in [0.717, 1.165) is 25.2 Å². The maximum Gasteiger partial charge on any atom is 0.238 e. The minimum Gasteiger partial charge on any atom is -0.325 e. The second-order valence-electron chi connectivity index (χ2n) is 6.19. The molecule has 1 aromatic carbocycles. The molecule has 0 spiro atoms. The molecule has 0 bridgehead atoms.